The number of nitrogens with zero attached hydrogens (tertiary/aromatic N) is 1. The van der Waals surface area contributed by atoms with E-state index in [4.69, 9.17) is 4.42 Å². The van der Waals surface area contributed by atoms with E-state index in [2.05, 4.69) is 10.2 Å². The van der Waals surface area contributed by atoms with Gasteiger partial charge < -0.3 is 9.73 Å². The first-order valence-corrected chi connectivity index (χ1v) is 8.09. The predicted molar refractivity (Wildman–Crippen MR) is 85.7 cm³/mol. The van der Waals surface area contributed by atoms with Crippen LogP contribution in [0.3, 0.4) is 0 Å². The number of nitrogens with one attached hydrogen (secondary N) is 1. The van der Waals surface area contributed by atoms with E-state index in [0.717, 1.165) is 49.6 Å². The topological polar surface area (TPSA) is 45.5 Å². The van der Waals surface area contributed by atoms with Gasteiger partial charge in [0.15, 0.2) is 0 Å². The number of benzene rings is 1. The zero-order chi connectivity index (χ0) is 17.1. The summed E-state index contributed by atoms with van der Waals surface area (Å²) >= 11 is 0. The van der Waals surface area contributed by atoms with Crippen LogP contribution in [0.25, 0.3) is 0 Å². The molecule has 2 aromatic rings. The van der Waals surface area contributed by atoms with Crippen LogP contribution in [0.15, 0.2) is 34.7 Å². The van der Waals surface area contributed by atoms with Gasteiger partial charge in [-0.2, -0.15) is 0 Å². The summed E-state index contributed by atoms with van der Waals surface area (Å²) < 4.78 is 33.1. The van der Waals surface area contributed by atoms with E-state index in [-0.39, 0.29) is 12.6 Å². The van der Waals surface area contributed by atoms with E-state index in [9.17, 15) is 13.6 Å². The van der Waals surface area contributed by atoms with Gasteiger partial charge in [-0.05, 0) is 57.1 Å². The van der Waals surface area contributed by atoms with Crippen LogP contribution in [-0.2, 0) is 0 Å². The molecule has 4 nitrogen and oxygen atoms in total. The molecular formula is C18H20F2N2O2. The molecule has 1 saturated heterocycles. The van der Waals surface area contributed by atoms with Gasteiger partial charge in [0.05, 0.1) is 6.04 Å². The Morgan fingerprint density at radius 1 is 1.21 bits per heavy atom. The van der Waals surface area contributed by atoms with Gasteiger partial charge in [-0.3, -0.25) is 9.69 Å². The third-order valence-electron chi connectivity index (χ3n) is 4.32. The Morgan fingerprint density at radius 3 is 2.46 bits per heavy atom. The van der Waals surface area contributed by atoms with Gasteiger partial charge in [-0.15, -0.1) is 0 Å². The van der Waals surface area contributed by atoms with Crippen molar-refractivity contribution in [3.8, 4) is 0 Å². The van der Waals surface area contributed by atoms with E-state index in [0.29, 0.717) is 0 Å². The Hall–Kier alpha value is -2.21. The molecule has 0 saturated carbocycles. The molecule has 0 spiro atoms. The van der Waals surface area contributed by atoms with Crippen LogP contribution >= 0.6 is 0 Å². The minimum atomic E-state index is -0.862. The second kappa shape index (κ2) is 7.13. The maximum Gasteiger partial charge on any atom is 0.257 e. The fraction of sp³-hybridized carbons (Fsp3) is 0.389. The standard InChI is InChI=1S/C18H20F2N2O2/c1-12-7-8-16(24-12)15(22-9-2-3-10-22)11-21-18(23)17-13(19)5-4-6-14(17)20/h4-8,15H,2-3,9-11H2,1H3,(H,21,23). The molecule has 24 heavy (non-hydrogen) atoms. The molecule has 6 heteroatoms. The molecule has 128 valence electrons. The molecule has 1 atom stereocenters. The Labute approximate surface area is 139 Å². The van der Waals surface area contributed by atoms with Crippen LogP contribution in [-0.4, -0.2) is 30.4 Å². The molecule has 1 amide bonds. The Kier molecular flexibility index (Phi) is 4.94. The van der Waals surface area contributed by atoms with Crippen LogP contribution in [0.2, 0.25) is 0 Å². The normalized spacial score (nSPS) is 16.3. The third kappa shape index (κ3) is 3.48. The molecule has 1 fully saturated rings. The number of carbonyl (C=O) groups excluding carboxylic acids is 1. The van der Waals surface area contributed by atoms with Gasteiger partial charge in [-0.25, -0.2) is 8.78 Å². The number of rotatable bonds is 5. The van der Waals surface area contributed by atoms with E-state index in [1.807, 2.05) is 19.1 Å². The van der Waals surface area contributed by atoms with Crippen LogP contribution in [0, 0.1) is 18.6 Å². The quantitative estimate of drug-likeness (QED) is 0.911. The second-order valence-electron chi connectivity index (χ2n) is 6.01. The average Bonchev–Trinajstić information content (AvgIpc) is 3.20. The lowest BCUT2D eigenvalue weighted by molar-refractivity contribution is 0.0925. The number of aryl methyl sites for hydroxylation is 1. The molecule has 3 rings (SSSR count). The summed E-state index contributed by atoms with van der Waals surface area (Å²) in [5.74, 6) is -0.930. The molecule has 1 aliphatic heterocycles. The molecule has 2 heterocycles. The Balaban J connectivity index is 1.75. The highest BCUT2D eigenvalue weighted by molar-refractivity contribution is 5.94. The predicted octanol–water partition coefficient (Wildman–Crippen LogP) is 3.43. The van der Waals surface area contributed by atoms with Gasteiger partial charge in [0, 0.05) is 6.54 Å². The lowest BCUT2D eigenvalue weighted by atomic mass is 10.1. The second-order valence-corrected chi connectivity index (χ2v) is 6.01. The first-order chi connectivity index (χ1) is 11.6. The van der Waals surface area contributed by atoms with Gasteiger partial charge in [-0.1, -0.05) is 6.07 Å². The van der Waals surface area contributed by atoms with Crippen molar-refractivity contribution in [2.24, 2.45) is 0 Å². The van der Waals surface area contributed by atoms with Gasteiger partial charge in [0.2, 0.25) is 0 Å². The SMILES string of the molecule is Cc1ccc(C(CNC(=O)c2c(F)cccc2F)N2CCCC2)o1. The molecular weight excluding hydrogens is 314 g/mol. The zero-order valence-electron chi connectivity index (χ0n) is 13.5. The highest BCUT2D eigenvalue weighted by Crippen LogP contribution is 2.26. The summed E-state index contributed by atoms with van der Waals surface area (Å²) in [7, 11) is 0. The minimum Gasteiger partial charge on any atom is -0.465 e. The monoisotopic (exact) mass is 334 g/mol. The van der Waals surface area contributed by atoms with Crippen LogP contribution in [0.4, 0.5) is 8.78 Å². The summed E-state index contributed by atoms with van der Waals surface area (Å²) in [5.41, 5.74) is -0.548. The molecule has 0 radical (unpaired) electrons. The van der Waals surface area contributed by atoms with Crippen molar-refractivity contribution in [1.82, 2.24) is 10.2 Å². The van der Waals surface area contributed by atoms with Crippen molar-refractivity contribution in [2.45, 2.75) is 25.8 Å². The van der Waals surface area contributed by atoms with Gasteiger partial charge in [0.1, 0.15) is 28.7 Å². The van der Waals surface area contributed by atoms with Crippen LogP contribution < -0.4 is 5.32 Å². The summed E-state index contributed by atoms with van der Waals surface area (Å²) in [5, 5.41) is 2.64. The molecule has 1 aliphatic rings. The molecule has 1 aromatic carbocycles. The number of likely N-dealkylation sites (tertiary alicyclic amines) is 1. The minimum absolute atomic E-state index is 0.139. The molecule has 1 N–H and O–H groups in total. The Bertz CT molecular complexity index is 703. The number of hydrogen-bond acceptors (Lipinski definition) is 3. The fourth-order valence-corrected chi connectivity index (χ4v) is 3.09. The number of furan rings is 1. The van der Waals surface area contributed by atoms with E-state index in [1.54, 1.807) is 0 Å². The van der Waals surface area contributed by atoms with Crippen molar-refractivity contribution in [2.75, 3.05) is 19.6 Å². The van der Waals surface area contributed by atoms with Crippen molar-refractivity contribution >= 4 is 5.91 Å². The highest BCUT2D eigenvalue weighted by Gasteiger charge is 2.27. The number of hydrogen-bond donors (Lipinski definition) is 1. The Morgan fingerprint density at radius 2 is 1.88 bits per heavy atom. The van der Waals surface area contributed by atoms with E-state index < -0.39 is 23.1 Å². The molecule has 0 bridgehead atoms. The van der Waals surface area contributed by atoms with E-state index in [1.165, 1.54) is 6.07 Å². The highest BCUT2D eigenvalue weighted by atomic mass is 19.1. The fourth-order valence-electron chi connectivity index (χ4n) is 3.09. The lowest BCUT2D eigenvalue weighted by Gasteiger charge is -2.26. The number of halogens is 2. The molecule has 1 unspecified atom stereocenters. The summed E-state index contributed by atoms with van der Waals surface area (Å²) in [4.78, 5) is 14.4. The maximum absolute atomic E-state index is 13.7. The first-order valence-electron chi connectivity index (χ1n) is 8.09. The average molecular weight is 334 g/mol. The molecule has 0 aliphatic carbocycles. The van der Waals surface area contributed by atoms with E-state index >= 15 is 0 Å². The maximum atomic E-state index is 13.7. The molecule has 1 aromatic heterocycles. The summed E-state index contributed by atoms with van der Waals surface area (Å²) in [6, 6.07) is 7.00. The van der Waals surface area contributed by atoms with Crippen molar-refractivity contribution in [3.63, 3.8) is 0 Å². The van der Waals surface area contributed by atoms with Crippen LogP contribution in [0.5, 0.6) is 0 Å². The summed E-state index contributed by atoms with van der Waals surface area (Å²) in [6.07, 6.45) is 2.18. The van der Waals surface area contributed by atoms with Gasteiger partial charge >= 0.3 is 0 Å². The van der Waals surface area contributed by atoms with Gasteiger partial charge in [0.25, 0.3) is 5.91 Å². The van der Waals surface area contributed by atoms with Crippen molar-refractivity contribution in [1.29, 1.82) is 0 Å². The third-order valence-corrected chi connectivity index (χ3v) is 4.32. The number of amides is 1. The lowest BCUT2D eigenvalue weighted by Crippen LogP contribution is -2.37. The van der Waals surface area contributed by atoms with Crippen molar-refractivity contribution < 1.29 is 18.0 Å². The largest absolute Gasteiger partial charge is 0.465 e. The number of carbonyl (C=O) groups is 1. The van der Waals surface area contributed by atoms with Crippen LogP contribution in [0.1, 0.15) is 40.8 Å². The van der Waals surface area contributed by atoms with Crippen molar-refractivity contribution in [3.05, 3.63) is 59.1 Å². The smallest absolute Gasteiger partial charge is 0.257 e. The summed E-state index contributed by atoms with van der Waals surface area (Å²) in [6.45, 7) is 3.92. The zero-order valence-corrected chi connectivity index (χ0v) is 13.5. The first kappa shape index (κ1) is 16.6.